The van der Waals surface area contributed by atoms with Gasteiger partial charge in [-0.2, -0.15) is 0 Å². The molecule has 0 aromatic heterocycles. The summed E-state index contributed by atoms with van der Waals surface area (Å²) in [5.74, 6) is -0.195. The van der Waals surface area contributed by atoms with Gasteiger partial charge in [-0.15, -0.1) is 0 Å². The van der Waals surface area contributed by atoms with Crippen molar-refractivity contribution in [2.75, 3.05) is 13.9 Å². The highest BCUT2D eigenvalue weighted by molar-refractivity contribution is 5.69. The Labute approximate surface area is 55.0 Å². The van der Waals surface area contributed by atoms with Gasteiger partial charge in [0.1, 0.15) is 0 Å². The molecular formula is C6H12O3. The van der Waals surface area contributed by atoms with Gasteiger partial charge in [-0.05, 0) is 6.42 Å². The summed E-state index contributed by atoms with van der Waals surface area (Å²) in [5.41, 5.74) is 0. The van der Waals surface area contributed by atoms with E-state index in [0.717, 1.165) is 6.42 Å². The number of esters is 1. The van der Waals surface area contributed by atoms with E-state index in [-0.39, 0.29) is 12.8 Å². The Morgan fingerprint density at radius 2 is 2.22 bits per heavy atom. The second kappa shape index (κ2) is 5.56. The van der Waals surface area contributed by atoms with Crippen LogP contribution in [0.15, 0.2) is 0 Å². The molecule has 0 unspecified atom stereocenters. The Morgan fingerprint density at radius 3 is 2.67 bits per heavy atom. The molecule has 0 aliphatic heterocycles. The lowest BCUT2D eigenvalue weighted by Gasteiger charge is -1.99. The highest BCUT2D eigenvalue weighted by Gasteiger charge is 1.97. The third-order valence-corrected chi connectivity index (χ3v) is 0.792. The molecule has 9 heavy (non-hydrogen) atoms. The first-order valence-electron chi connectivity index (χ1n) is 2.95. The van der Waals surface area contributed by atoms with E-state index in [2.05, 4.69) is 9.47 Å². The minimum absolute atomic E-state index is 0.0683. The Bertz CT molecular complexity index is 80.4. The van der Waals surface area contributed by atoms with Crippen LogP contribution in [0, 0.1) is 0 Å². The summed E-state index contributed by atoms with van der Waals surface area (Å²) in [6.07, 6.45) is 1.30. The monoisotopic (exact) mass is 132 g/mol. The number of hydrogen-bond acceptors (Lipinski definition) is 3. The standard InChI is InChI=1S/C6H12O3/c1-3-4-6(7)9-5-8-2/h3-5H2,1-2H3. The van der Waals surface area contributed by atoms with Crippen LogP contribution in [0.4, 0.5) is 0 Å². The van der Waals surface area contributed by atoms with Crippen LogP contribution < -0.4 is 0 Å². The van der Waals surface area contributed by atoms with Crippen molar-refractivity contribution in [2.24, 2.45) is 0 Å². The van der Waals surface area contributed by atoms with E-state index < -0.39 is 0 Å². The van der Waals surface area contributed by atoms with Crippen molar-refractivity contribution in [1.29, 1.82) is 0 Å². The van der Waals surface area contributed by atoms with Gasteiger partial charge in [0, 0.05) is 13.5 Å². The van der Waals surface area contributed by atoms with Gasteiger partial charge in [0.15, 0.2) is 6.79 Å². The van der Waals surface area contributed by atoms with Gasteiger partial charge >= 0.3 is 5.97 Å². The highest BCUT2D eigenvalue weighted by atomic mass is 16.7. The van der Waals surface area contributed by atoms with Crippen molar-refractivity contribution in [3.63, 3.8) is 0 Å². The third kappa shape index (κ3) is 5.30. The molecule has 0 aliphatic rings. The van der Waals surface area contributed by atoms with Gasteiger partial charge in [0.2, 0.25) is 0 Å². The predicted octanol–water partition coefficient (Wildman–Crippen LogP) is 0.934. The maximum atomic E-state index is 10.5. The smallest absolute Gasteiger partial charge is 0.307 e. The number of rotatable bonds is 4. The van der Waals surface area contributed by atoms with Crippen LogP contribution in [0.3, 0.4) is 0 Å². The molecule has 0 radical (unpaired) electrons. The van der Waals surface area contributed by atoms with Crippen molar-refractivity contribution in [3.05, 3.63) is 0 Å². The van der Waals surface area contributed by atoms with E-state index in [4.69, 9.17) is 0 Å². The maximum Gasteiger partial charge on any atom is 0.307 e. The fraction of sp³-hybridized carbons (Fsp3) is 0.833. The maximum absolute atomic E-state index is 10.5. The lowest BCUT2D eigenvalue weighted by Crippen LogP contribution is -2.05. The van der Waals surface area contributed by atoms with Crippen LogP contribution in [0.1, 0.15) is 19.8 Å². The minimum Gasteiger partial charge on any atom is -0.438 e. The summed E-state index contributed by atoms with van der Waals surface area (Å²) in [6, 6.07) is 0. The van der Waals surface area contributed by atoms with E-state index in [1.165, 1.54) is 7.11 Å². The van der Waals surface area contributed by atoms with Crippen LogP contribution in [0.2, 0.25) is 0 Å². The van der Waals surface area contributed by atoms with Gasteiger partial charge in [0.05, 0.1) is 0 Å². The van der Waals surface area contributed by atoms with E-state index in [0.29, 0.717) is 6.42 Å². The number of carbonyl (C=O) groups is 1. The first kappa shape index (κ1) is 8.43. The normalized spacial score (nSPS) is 9.11. The van der Waals surface area contributed by atoms with Gasteiger partial charge in [0.25, 0.3) is 0 Å². The van der Waals surface area contributed by atoms with E-state index >= 15 is 0 Å². The van der Waals surface area contributed by atoms with Gasteiger partial charge < -0.3 is 9.47 Å². The van der Waals surface area contributed by atoms with E-state index in [1.807, 2.05) is 6.92 Å². The average Bonchev–Trinajstić information content (AvgIpc) is 1.85. The van der Waals surface area contributed by atoms with Crippen LogP contribution >= 0.6 is 0 Å². The number of methoxy groups -OCH3 is 1. The molecule has 0 N–H and O–H groups in total. The van der Waals surface area contributed by atoms with Crippen LogP contribution in [-0.2, 0) is 14.3 Å². The lowest BCUT2D eigenvalue weighted by atomic mass is 10.3. The second-order valence-electron chi connectivity index (χ2n) is 1.67. The molecule has 0 atom stereocenters. The second-order valence-corrected chi connectivity index (χ2v) is 1.67. The van der Waals surface area contributed by atoms with E-state index in [1.54, 1.807) is 0 Å². The Morgan fingerprint density at radius 1 is 1.56 bits per heavy atom. The lowest BCUT2D eigenvalue weighted by molar-refractivity contribution is -0.154. The molecule has 3 heteroatoms. The van der Waals surface area contributed by atoms with Crippen LogP contribution in [0.5, 0.6) is 0 Å². The van der Waals surface area contributed by atoms with E-state index in [9.17, 15) is 4.79 Å². The number of hydrogen-bond donors (Lipinski definition) is 0. The zero-order chi connectivity index (χ0) is 7.11. The first-order valence-corrected chi connectivity index (χ1v) is 2.95. The molecule has 54 valence electrons. The zero-order valence-electron chi connectivity index (χ0n) is 5.85. The van der Waals surface area contributed by atoms with Crippen molar-refractivity contribution >= 4 is 5.97 Å². The van der Waals surface area contributed by atoms with Gasteiger partial charge in [-0.25, -0.2) is 0 Å². The quantitative estimate of drug-likeness (QED) is 0.421. The Kier molecular flexibility index (Phi) is 5.21. The average molecular weight is 132 g/mol. The molecule has 0 amide bonds. The zero-order valence-corrected chi connectivity index (χ0v) is 5.85. The SMILES string of the molecule is CCCC(=O)OCOC. The molecule has 0 aromatic carbocycles. The molecular weight excluding hydrogens is 120 g/mol. The van der Waals surface area contributed by atoms with Crippen molar-refractivity contribution in [2.45, 2.75) is 19.8 Å². The molecule has 0 saturated heterocycles. The summed E-state index contributed by atoms with van der Waals surface area (Å²) in [6.45, 7) is 1.99. The predicted molar refractivity (Wildman–Crippen MR) is 32.9 cm³/mol. The fourth-order valence-electron chi connectivity index (χ4n) is 0.401. The van der Waals surface area contributed by atoms with Crippen molar-refractivity contribution < 1.29 is 14.3 Å². The van der Waals surface area contributed by atoms with Crippen molar-refractivity contribution in [3.8, 4) is 0 Å². The topological polar surface area (TPSA) is 35.5 Å². The van der Waals surface area contributed by atoms with Crippen molar-refractivity contribution in [1.82, 2.24) is 0 Å². The third-order valence-electron chi connectivity index (χ3n) is 0.792. The summed E-state index contributed by atoms with van der Waals surface area (Å²) < 4.78 is 9.09. The van der Waals surface area contributed by atoms with Crippen LogP contribution in [0.25, 0.3) is 0 Å². The molecule has 0 saturated carbocycles. The number of ether oxygens (including phenoxy) is 2. The largest absolute Gasteiger partial charge is 0.438 e. The summed E-state index contributed by atoms with van der Waals surface area (Å²) in [5, 5.41) is 0. The summed E-state index contributed by atoms with van der Waals surface area (Å²) in [4.78, 5) is 10.5. The molecule has 0 spiro atoms. The first-order chi connectivity index (χ1) is 4.31. The van der Waals surface area contributed by atoms with Gasteiger partial charge in [-0.1, -0.05) is 6.92 Å². The molecule has 0 bridgehead atoms. The molecule has 3 nitrogen and oxygen atoms in total. The Balaban J connectivity index is 3.06. The highest BCUT2D eigenvalue weighted by Crippen LogP contribution is 1.89. The molecule has 0 aromatic rings. The molecule has 0 fully saturated rings. The summed E-state index contributed by atoms with van der Waals surface area (Å²) >= 11 is 0. The molecule has 0 heterocycles. The molecule has 0 rings (SSSR count). The van der Waals surface area contributed by atoms with Crippen LogP contribution in [-0.4, -0.2) is 19.9 Å². The number of carbonyl (C=O) groups excluding carboxylic acids is 1. The Hall–Kier alpha value is -0.570. The molecule has 0 aliphatic carbocycles. The van der Waals surface area contributed by atoms with Gasteiger partial charge in [-0.3, -0.25) is 4.79 Å². The minimum atomic E-state index is -0.195. The summed E-state index contributed by atoms with van der Waals surface area (Å²) in [7, 11) is 1.49. The fourth-order valence-corrected chi connectivity index (χ4v) is 0.401.